The molecule has 0 radical (unpaired) electrons. The zero-order valence-electron chi connectivity index (χ0n) is 16.5. The van der Waals surface area contributed by atoms with Gasteiger partial charge < -0.3 is 10.1 Å². The zero-order valence-corrected chi connectivity index (χ0v) is 16.5. The van der Waals surface area contributed by atoms with Gasteiger partial charge in [0.15, 0.2) is 0 Å². The number of anilines is 1. The van der Waals surface area contributed by atoms with E-state index in [-0.39, 0.29) is 11.7 Å². The van der Waals surface area contributed by atoms with Gasteiger partial charge in [-0.2, -0.15) is 5.10 Å². The predicted molar refractivity (Wildman–Crippen MR) is 108 cm³/mol. The first-order valence-corrected chi connectivity index (χ1v) is 9.31. The summed E-state index contributed by atoms with van der Waals surface area (Å²) in [6, 6.07) is 12.4. The van der Waals surface area contributed by atoms with Gasteiger partial charge in [0, 0.05) is 5.69 Å². The summed E-state index contributed by atoms with van der Waals surface area (Å²) in [5.41, 5.74) is 3.29. The van der Waals surface area contributed by atoms with E-state index in [4.69, 9.17) is 4.74 Å². The first kappa shape index (κ1) is 20.3. The number of benzene rings is 2. The standard InChI is InChI=1S/C22H22FN3O3/c1-4-13-29-22(28)16-5-9-18(10-6-16)24-21(27)20-14(2)25-26(15(20)3)19-11-7-17(23)8-12-19/h5-12H,4,13H2,1-3H3,(H,24,27). The molecule has 0 spiro atoms. The van der Waals surface area contributed by atoms with Crippen molar-refractivity contribution in [3.63, 3.8) is 0 Å². The van der Waals surface area contributed by atoms with Gasteiger partial charge in [-0.3, -0.25) is 4.79 Å². The number of amides is 1. The molecule has 0 atom stereocenters. The minimum absolute atomic E-state index is 0.310. The van der Waals surface area contributed by atoms with Crippen molar-refractivity contribution < 1.29 is 18.7 Å². The largest absolute Gasteiger partial charge is 0.462 e. The molecule has 0 aliphatic rings. The summed E-state index contributed by atoms with van der Waals surface area (Å²) in [6.45, 7) is 5.82. The second-order valence-electron chi connectivity index (χ2n) is 6.60. The normalized spacial score (nSPS) is 10.6. The highest BCUT2D eigenvalue weighted by Crippen LogP contribution is 2.20. The molecule has 0 saturated heterocycles. The number of esters is 1. The Morgan fingerprint density at radius 2 is 1.72 bits per heavy atom. The van der Waals surface area contributed by atoms with Crippen molar-refractivity contribution in [2.75, 3.05) is 11.9 Å². The molecule has 0 bridgehead atoms. The maximum atomic E-state index is 13.2. The van der Waals surface area contributed by atoms with E-state index in [0.717, 1.165) is 6.42 Å². The van der Waals surface area contributed by atoms with Gasteiger partial charge in [0.1, 0.15) is 5.82 Å². The highest BCUT2D eigenvalue weighted by atomic mass is 19.1. The number of aromatic nitrogens is 2. The number of aryl methyl sites for hydroxylation is 1. The number of carbonyl (C=O) groups is 2. The maximum Gasteiger partial charge on any atom is 0.338 e. The molecular weight excluding hydrogens is 373 g/mol. The van der Waals surface area contributed by atoms with Gasteiger partial charge >= 0.3 is 5.97 Å². The van der Waals surface area contributed by atoms with Gasteiger partial charge in [0.05, 0.1) is 34.8 Å². The lowest BCUT2D eigenvalue weighted by atomic mass is 10.1. The van der Waals surface area contributed by atoms with Gasteiger partial charge in [-0.05, 0) is 68.8 Å². The van der Waals surface area contributed by atoms with Crippen molar-refractivity contribution in [3.8, 4) is 5.69 Å². The van der Waals surface area contributed by atoms with Crippen LogP contribution in [0.15, 0.2) is 48.5 Å². The van der Waals surface area contributed by atoms with Crippen molar-refractivity contribution in [1.29, 1.82) is 0 Å². The summed E-state index contributed by atoms with van der Waals surface area (Å²) in [5.74, 6) is -1.04. The first-order chi connectivity index (χ1) is 13.9. The molecule has 29 heavy (non-hydrogen) atoms. The van der Waals surface area contributed by atoms with Gasteiger partial charge in [-0.15, -0.1) is 0 Å². The van der Waals surface area contributed by atoms with Crippen LogP contribution in [0.4, 0.5) is 10.1 Å². The third-order valence-electron chi connectivity index (χ3n) is 4.41. The summed E-state index contributed by atoms with van der Waals surface area (Å²) in [7, 11) is 0. The van der Waals surface area contributed by atoms with Crippen molar-refractivity contribution in [3.05, 3.63) is 76.9 Å². The van der Waals surface area contributed by atoms with Crippen LogP contribution in [0.2, 0.25) is 0 Å². The van der Waals surface area contributed by atoms with Crippen LogP contribution in [-0.4, -0.2) is 28.3 Å². The zero-order chi connectivity index (χ0) is 21.0. The summed E-state index contributed by atoms with van der Waals surface area (Å²) >= 11 is 0. The Morgan fingerprint density at radius 1 is 1.07 bits per heavy atom. The van der Waals surface area contributed by atoms with Crippen molar-refractivity contribution in [1.82, 2.24) is 9.78 Å². The minimum atomic E-state index is -0.392. The maximum absolute atomic E-state index is 13.2. The Kier molecular flexibility index (Phi) is 6.07. The van der Waals surface area contributed by atoms with E-state index in [0.29, 0.717) is 40.5 Å². The van der Waals surface area contributed by atoms with E-state index in [2.05, 4.69) is 10.4 Å². The highest BCUT2D eigenvalue weighted by molar-refractivity contribution is 6.06. The van der Waals surface area contributed by atoms with E-state index in [1.54, 1.807) is 54.9 Å². The quantitative estimate of drug-likeness (QED) is 0.626. The van der Waals surface area contributed by atoms with Gasteiger partial charge in [0.2, 0.25) is 0 Å². The molecule has 1 heterocycles. The smallest absolute Gasteiger partial charge is 0.338 e. The molecule has 0 aliphatic heterocycles. The molecule has 150 valence electrons. The fraction of sp³-hybridized carbons (Fsp3) is 0.227. The first-order valence-electron chi connectivity index (χ1n) is 9.31. The molecule has 3 rings (SSSR count). The summed E-state index contributed by atoms with van der Waals surface area (Å²) < 4.78 is 19.9. The lowest BCUT2D eigenvalue weighted by molar-refractivity contribution is 0.0505. The Bertz CT molecular complexity index is 1020. The van der Waals surface area contributed by atoms with Gasteiger partial charge in [0.25, 0.3) is 5.91 Å². The average molecular weight is 395 g/mol. The van der Waals surface area contributed by atoms with E-state index in [1.807, 2.05) is 6.92 Å². The third-order valence-corrected chi connectivity index (χ3v) is 4.41. The summed E-state index contributed by atoms with van der Waals surface area (Å²) in [6.07, 6.45) is 0.754. The second kappa shape index (κ2) is 8.68. The fourth-order valence-electron chi connectivity index (χ4n) is 2.97. The number of carbonyl (C=O) groups excluding carboxylic acids is 2. The van der Waals surface area contributed by atoms with Crippen LogP contribution >= 0.6 is 0 Å². The van der Waals surface area contributed by atoms with Crippen molar-refractivity contribution in [2.24, 2.45) is 0 Å². The van der Waals surface area contributed by atoms with E-state index in [1.165, 1.54) is 12.1 Å². The Morgan fingerprint density at radius 3 is 2.34 bits per heavy atom. The van der Waals surface area contributed by atoms with Crippen molar-refractivity contribution >= 4 is 17.6 Å². The number of hydrogen-bond acceptors (Lipinski definition) is 4. The topological polar surface area (TPSA) is 73.2 Å². The molecule has 7 heteroatoms. The minimum Gasteiger partial charge on any atom is -0.462 e. The van der Waals surface area contributed by atoms with Gasteiger partial charge in [-0.1, -0.05) is 6.92 Å². The second-order valence-corrected chi connectivity index (χ2v) is 6.60. The molecular formula is C22H22FN3O3. The predicted octanol–water partition coefficient (Wildman–Crippen LogP) is 4.45. The molecule has 1 aromatic heterocycles. The number of ether oxygens (including phenoxy) is 1. The molecule has 3 aromatic rings. The van der Waals surface area contributed by atoms with Crippen LogP contribution < -0.4 is 5.32 Å². The lowest BCUT2D eigenvalue weighted by Gasteiger charge is -2.08. The molecule has 1 N–H and O–H groups in total. The highest BCUT2D eigenvalue weighted by Gasteiger charge is 2.20. The Balaban J connectivity index is 1.77. The molecule has 0 saturated carbocycles. The van der Waals surface area contributed by atoms with Gasteiger partial charge in [-0.25, -0.2) is 13.9 Å². The van der Waals surface area contributed by atoms with Crippen LogP contribution in [0.3, 0.4) is 0 Å². The lowest BCUT2D eigenvalue weighted by Crippen LogP contribution is -2.14. The van der Waals surface area contributed by atoms with E-state index < -0.39 is 5.97 Å². The summed E-state index contributed by atoms with van der Waals surface area (Å²) in [5, 5.41) is 7.23. The van der Waals surface area contributed by atoms with Crippen LogP contribution in [0.25, 0.3) is 5.69 Å². The molecule has 0 fully saturated rings. The summed E-state index contributed by atoms with van der Waals surface area (Å²) in [4.78, 5) is 24.7. The number of nitrogens with one attached hydrogen (secondary N) is 1. The third kappa shape index (κ3) is 4.51. The fourth-order valence-corrected chi connectivity index (χ4v) is 2.97. The van der Waals surface area contributed by atoms with E-state index in [9.17, 15) is 14.0 Å². The molecule has 0 unspecified atom stereocenters. The van der Waals surface area contributed by atoms with Crippen LogP contribution in [-0.2, 0) is 4.74 Å². The van der Waals surface area contributed by atoms with Crippen molar-refractivity contribution in [2.45, 2.75) is 27.2 Å². The number of rotatable bonds is 6. The van der Waals surface area contributed by atoms with Crippen LogP contribution in [0.5, 0.6) is 0 Å². The average Bonchev–Trinajstić information content (AvgIpc) is 3.01. The SMILES string of the molecule is CCCOC(=O)c1ccc(NC(=O)c2c(C)nn(-c3ccc(F)cc3)c2C)cc1. The molecule has 6 nitrogen and oxygen atoms in total. The molecule has 0 aliphatic carbocycles. The number of nitrogens with zero attached hydrogens (tertiary/aromatic N) is 2. The Labute approximate surface area is 168 Å². The molecule has 1 amide bonds. The molecule has 2 aromatic carbocycles. The van der Waals surface area contributed by atoms with Crippen LogP contribution in [0.1, 0.15) is 45.4 Å². The van der Waals surface area contributed by atoms with E-state index >= 15 is 0 Å². The Hall–Kier alpha value is -3.48. The number of halogens is 1. The van der Waals surface area contributed by atoms with Crippen LogP contribution in [0, 0.1) is 19.7 Å². The number of hydrogen-bond donors (Lipinski definition) is 1. The monoisotopic (exact) mass is 395 g/mol.